The maximum Gasteiger partial charge on any atom is 0.275 e. The second-order valence-electron chi connectivity index (χ2n) is 8.25. The van der Waals surface area contributed by atoms with E-state index in [0.717, 1.165) is 45.7 Å². The van der Waals surface area contributed by atoms with Crippen LogP contribution in [0.4, 0.5) is 0 Å². The quantitative estimate of drug-likeness (QED) is 0.367. The molecular formula is C25H25N3O2S. The molecule has 4 aromatic rings. The smallest absolute Gasteiger partial charge is 0.275 e. The fourth-order valence-electron chi connectivity index (χ4n) is 4.37. The third kappa shape index (κ3) is 4.30. The van der Waals surface area contributed by atoms with Crippen LogP contribution in [-0.4, -0.2) is 14.9 Å². The second-order valence-corrected chi connectivity index (χ2v) is 9.29. The molecule has 0 radical (unpaired) electrons. The lowest BCUT2D eigenvalue weighted by atomic mass is 9.98. The summed E-state index contributed by atoms with van der Waals surface area (Å²) < 4.78 is 6.92. The van der Waals surface area contributed by atoms with Gasteiger partial charge in [-0.05, 0) is 37.5 Å². The normalized spacial score (nSPS) is 14.5. The number of benzene rings is 2. The molecule has 2 heterocycles. The van der Waals surface area contributed by atoms with Gasteiger partial charge in [0.2, 0.25) is 0 Å². The number of rotatable bonds is 6. The van der Waals surface area contributed by atoms with Crippen LogP contribution in [0.15, 0.2) is 68.8 Å². The van der Waals surface area contributed by atoms with E-state index >= 15 is 0 Å². The lowest BCUT2D eigenvalue weighted by molar-refractivity contribution is 0.365. The third-order valence-corrected chi connectivity index (χ3v) is 7.00. The minimum absolute atomic E-state index is 0.0760. The Hall–Kier alpha value is -2.86. The van der Waals surface area contributed by atoms with Gasteiger partial charge in [0.05, 0.1) is 16.8 Å². The lowest BCUT2D eigenvalue weighted by Crippen LogP contribution is -2.25. The molecule has 5 rings (SSSR count). The predicted octanol–water partition coefficient (Wildman–Crippen LogP) is 5.69. The van der Waals surface area contributed by atoms with Gasteiger partial charge in [-0.25, -0.2) is 4.68 Å². The molecule has 0 bridgehead atoms. The maximum absolute atomic E-state index is 13.4. The summed E-state index contributed by atoms with van der Waals surface area (Å²) in [5.74, 6) is 1.94. The highest BCUT2D eigenvalue weighted by molar-refractivity contribution is 7.98. The van der Waals surface area contributed by atoms with Gasteiger partial charge in [0, 0.05) is 28.0 Å². The lowest BCUT2D eigenvalue weighted by Gasteiger charge is -2.15. The van der Waals surface area contributed by atoms with E-state index in [1.807, 2.05) is 25.1 Å². The molecule has 0 saturated heterocycles. The van der Waals surface area contributed by atoms with Crippen molar-refractivity contribution >= 4 is 22.5 Å². The van der Waals surface area contributed by atoms with Gasteiger partial charge in [0.1, 0.15) is 6.54 Å². The maximum atomic E-state index is 13.4. The van der Waals surface area contributed by atoms with E-state index in [2.05, 4.69) is 41.6 Å². The van der Waals surface area contributed by atoms with E-state index < -0.39 is 0 Å². The van der Waals surface area contributed by atoms with Crippen molar-refractivity contribution in [1.29, 1.82) is 0 Å². The number of fused-ring (bicyclic) bond motifs is 1. The standard InChI is InChI=1S/C25H25N3O2S/c1-17-13-20(30-27-17)15-28-25(29)23-14-21(31-16-18-7-3-2-4-8-18)11-12-22(23)24(26-28)19-9-5-6-10-19/h2-4,7-8,11-14,19H,5-6,9-10,15-16H2,1H3. The number of nitrogens with zero attached hydrogens (tertiary/aromatic N) is 3. The number of aromatic nitrogens is 3. The molecule has 1 aliphatic rings. The average molecular weight is 432 g/mol. The summed E-state index contributed by atoms with van der Waals surface area (Å²) in [5, 5.41) is 10.5. The van der Waals surface area contributed by atoms with Gasteiger partial charge in [0.15, 0.2) is 5.76 Å². The second kappa shape index (κ2) is 8.71. The molecule has 2 aromatic carbocycles. The number of hydrogen-bond donors (Lipinski definition) is 0. The Balaban J connectivity index is 1.54. The van der Waals surface area contributed by atoms with Gasteiger partial charge >= 0.3 is 0 Å². The van der Waals surface area contributed by atoms with Crippen LogP contribution < -0.4 is 5.56 Å². The monoisotopic (exact) mass is 431 g/mol. The molecule has 1 saturated carbocycles. The number of aryl methyl sites for hydroxylation is 1. The van der Waals surface area contributed by atoms with Crippen molar-refractivity contribution in [3.63, 3.8) is 0 Å². The van der Waals surface area contributed by atoms with Crippen LogP contribution in [0.5, 0.6) is 0 Å². The van der Waals surface area contributed by atoms with E-state index in [1.54, 1.807) is 16.4 Å². The van der Waals surface area contributed by atoms with Crippen LogP contribution >= 0.6 is 11.8 Å². The summed E-state index contributed by atoms with van der Waals surface area (Å²) in [4.78, 5) is 14.5. The van der Waals surface area contributed by atoms with Crippen molar-refractivity contribution < 1.29 is 4.52 Å². The molecule has 158 valence electrons. The average Bonchev–Trinajstić information content (AvgIpc) is 3.47. The van der Waals surface area contributed by atoms with Crippen LogP contribution in [0.3, 0.4) is 0 Å². The van der Waals surface area contributed by atoms with Crippen molar-refractivity contribution in [2.45, 2.75) is 55.7 Å². The molecule has 0 unspecified atom stereocenters. The molecule has 0 N–H and O–H groups in total. The van der Waals surface area contributed by atoms with Crippen molar-refractivity contribution in [3.05, 3.63) is 87.7 Å². The van der Waals surface area contributed by atoms with Crippen molar-refractivity contribution in [3.8, 4) is 0 Å². The minimum Gasteiger partial charge on any atom is -0.359 e. The highest BCUT2D eigenvalue weighted by Crippen LogP contribution is 2.36. The highest BCUT2D eigenvalue weighted by atomic mass is 32.2. The molecule has 31 heavy (non-hydrogen) atoms. The van der Waals surface area contributed by atoms with Gasteiger partial charge < -0.3 is 4.52 Å². The first-order chi connectivity index (χ1) is 15.2. The van der Waals surface area contributed by atoms with Crippen molar-refractivity contribution in [2.75, 3.05) is 0 Å². The topological polar surface area (TPSA) is 60.9 Å². The zero-order valence-corrected chi connectivity index (χ0v) is 18.4. The summed E-state index contributed by atoms with van der Waals surface area (Å²) in [5.41, 5.74) is 3.04. The highest BCUT2D eigenvalue weighted by Gasteiger charge is 2.23. The molecule has 0 amide bonds. The Kier molecular flexibility index (Phi) is 5.64. The molecule has 1 fully saturated rings. The van der Waals surface area contributed by atoms with Gasteiger partial charge in [-0.1, -0.05) is 54.4 Å². The summed E-state index contributed by atoms with van der Waals surface area (Å²) in [6, 6.07) is 18.5. The largest absolute Gasteiger partial charge is 0.359 e. The Morgan fingerprint density at radius 2 is 1.87 bits per heavy atom. The molecule has 0 atom stereocenters. The summed E-state index contributed by atoms with van der Waals surface area (Å²) >= 11 is 1.75. The zero-order valence-electron chi connectivity index (χ0n) is 17.6. The summed E-state index contributed by atoms with van der Waals surface area (Å²) in [6.07, 6.45) is 4.71. The Morgan fingerprint density at radius 3 is 2.61 bits per heavy atom. The van der Waals surface area contributed by atoms with E-state index in [4.69, 9.17) is 9.62 Å². The Morgan fingerprint density at radius 1 is 1.06 bits per heavy atom. The molecule has 0 spiro atoms. The first-order valence-corrected chi connectivity index (χ1v) is 11.8. The van der Waals surface area contributed by atoms with Crippen LogP contribution in [0, 0.1) is 6.92 Å². The zero-order chi connectivity index (χ0) is 21.2. The van der Waals surface area contributed by atoms with Gasteiger partial charge in [-0.3, -0.25) is 4.79 Å². The van der Waals surface area contributed by atoms with E-state index in [9.17, 15) is 4.79 Å². The summed E-state index contributed by atoms with van der Waals surface area (Å²) in [7, 11) is 0. The molecular weight excluding hydrogens is 406 g/mol. The van der Waals surface area contributed by atoms with E-state index in [1.165, 1.54) is 18.4 Å². The SMILES string of the molecule is Cc1cc(Cn2nc(C3CCCC3)c3ccc(SCc4ccccc4)cc3c2=O)on1. The summed E-state index contributed by atoms with van der Waals surface area (Å²) in [6.45, 7) is 2.18. The fourth-order valence-corrected chi connectivity index (χ4v) is 5.26. The molecule has 6 heteroatoms. The van der Waals surface area contributed by atoms with E-state index in [-0.39, 0.29) is 5.56 Å². The first kappa shape index (κ1) is 20.1. The first-order valence-electron chi connectivity index (χ1n) is 10.8. The Labute approximate surface area is 185 Å². The van der Waals surface area contributed by atoms with Crippen molar-refractivity contribution in [2.24, 2.45) is 0 Å². The fraction of sp³-hybridized carbons (Fsp3) is 0.320. The van der Waals surface area contributed by atoms with Crippen LogP contribution in [0.25, 0.3) is 10.8 Å². The predicted molar refractivity (Wildman–Crippen MR) is 124 cm³/mol. The van der Waals surface area contributed by atoms with Gasteiger partial charge in [-0.2, -0.15) is 5.10 Å². The Bertz CT molecular complexity index is 1260. The van der Waals surface area contributed by atoms with Crippen LogP contribution in [0.2, 0.25) is 0 Å². The molecule has 5 nitrogen and oxygen atoms in total. The molecule has 0 aliphatic heterocycles. The minimum atomic E-state index is -0.0760. The number of thioether (sulfide) groups is 1. The van der Waals surface area contributed by atoms with Gasteiger partial charge in [-0.15, -0.1) is 11.8 Å². The van der Waals surface area contributed by atoms with Gasteiger partial charge in [0.25, 0.3) is 5.56 Å². The van der Waals surface area contributed by atoms with E-state index in [0.29, 0.717) is 18.2 Å². The van der Waals surface area contributed by atoms with Crippen molar-refractivity contribution in [1.82, 2.24) is 14.9 Å². The number of hydrogen-bond acceptors (Lipinski definition) is 5. The van der Waals surface area contributed by atoms with Crippen LogP contribution in [0.1, 0.15) is 54.3 Å². The molecule has 1 aliphatic carbocycles. The van der Waals surface area contributed by atoms with Crippen LogP contribution in [-0.2, 0) is 12.3 Å². The third-order valence-electron chi connectivity index (χ3n) is 5.93. The molecule has 2 aromatic heterocycles.